The third kappa shape index (κ3) is 3.82. The Morgan fingerprint density at radius 3 is 2.82 bits per heavy atom. The summed E-state index contributed by atoms with van der Waals surface area (Å²) in [5.41, 5.74) is 1.89. The number of hydrogen-bond acceptors (Lipinski definition) is 2. The van der Waals surface area contributed by atoms with Crippen molar-refractivity contribution in [2.45, 2.75) is 6.54 Å². The van der Waals surface area contributed by atoms with Crippen LogP contribution in [0.4, 0.5) is 5.69 Å². The van der Waals surface area contributed by atoms with E-state index in [1.165, 1.54) is 0 Å². The van der Waals surface area contributed by atoms with Crippen molar-refractivity contribution in [2.75, 3.05) is 5.32 Å². The maximum Gasteiger partial charge on any atom is 0.106 e. The first-order chi connectivity index (χ1) is 8.15. The van der Waals surface area contributed by atoms with E-state index in [0.717, 1.165) is 24.6 Å². The van der Waals surface area contributed by atoms with Gasteiger partial charge in [0.05, 0.1) is 22.9 Å². The highest BCUT2D eigenvalue weighted by Crippen LogP contribution is 2.24. The molecule has 0 radical (unpaired) electrons. The number of aromatic nitrogens is 1. The van der Waals surface area contributed by atoms with E-state index in [9.17, 15) is 0 Å². The first-order valence-electron chi connectivity index (χ1n) is 4.95. The molecule has 0 unspecified atom stereocenters. The summed E-state index contributed by atoms with van der Waals surface area (Å²) in [7, 11) is 0. The molecule has 1 aromatic carbocycles. The molecule has 0 saturated carbocycles. The van der Waals surface area contributed by atoms with E-state index in [0.29, 0.717) is 6.54 Å². The standard InChI is InChI=1S/C12H9BrClIN2/c13-12-3-1-2-9(17-12)7-16-11-5-4-8(15)6-10(11)14/h1-6,16H,7H2. The lowest BCUT2D eigenvalue weighted by Crippen LogP contribution is -2.02. The van der Waals surface area contributed by atoms with E-state index in [4.69, 9.17) is 11.6 Å². The highest BCUT2D eigenvalue weighted by atomic mass is 127. The van der Waals surface area contributed by atoms with Crippen LogP contribution >= 0.6 is 50.1 Å². The summed E-state index contributed by atoms with van der Waals surface area (Å²) in [4.78, 5) is 4.35. The third-order valence-electron chi connectivity index (χ3n) is 2.16. The number of anilines is 1. The fourth-order valence-corrected chi connectivity index (χ4v) is 2.67. The second-order valence-corrected chi connectivity index (χ2v) is 5.89. The first-order valence-corrected chi connectivity index (χ1v) is 7.20. The van der Waals surface area contributed by atoms with Crippen molar-refractivity contribution in [1.29, 1.82) is 0 Å². The van der Waals surface area contributed by atoms with Gasteiger partial charge in [0.15, 0.2) is 0 Å². The second-order valence-electron chi connectivity index (χ2n) is 3.43. The van der Waals surface area contributed by atoms with Crippen molar-refractivity contribution in [3.63, 3.8) is 0 Å². The normalized spacial score (nSPS) is 10.3. The molecule has 0 fully saturated rings. The highest BCUT2D eigenvalue weighted by molar-refractivity contribution is 14.1. The Bertz CT molecular complexity index is 534. The van der Waals surface area contributed by atoms with Crippen LogP contribution < -0.4 is 5.32 Å². The average molecular weight is 423 g/mol. The van der Waals surface area contributed by atoms with Crippen molar-refractivity contribution in [3.8, 4) is 0 Å². The molecule has 0 atom stereocenters. The number of hydrogen-bond donors (Lipinski definition) is 1. The lowest BCUT2D eigenvalue weighted by Gasteiger charge is -2.08. The molecule has 1 N–H and O–H groups in total. The molecule has 17 heavy (non-hydrogen) atoms. The van der Waals surface area contributed by atoms with Crippen LogP contribution in [0.5, 0.6) is 0 Å². The average Bonchev–Trinajstić information content (AvgIpc) is 2.28. The number of nitrogens with one attached hydrogen (secondary N) is 1. The van der Waals surface area contributed by atoms with E-state index in [1.54, 1.807) is 0 Å². The van der Waals surface area contributed by atoms with E-state index in [1.807, 2.05) is 36.4 Å². The summed E-state index contributed by atoms with van der Waals surface area (Å²) < 4.78 is 1.96. The van der Waals surface area contributed by atoms with Gasteiger partial charge in [0.2, 0.25) is 0 Å². The maximum absolute atomic E-state index is 6.13. The summed E-state index contributed by atoms with van der Waals surface area (Å²) in [5, 5.41) is 3.99. The SMILES string of the molecule is Clc1cc(I)ccc1NCc1cccc(Br)n1. The minimum absolute atomic E-state index is 0.653. The Morgan fingerprint density at radius 2 is 2.12 bits per heavy atom. The zero-order valence-electron chi connectivity index (χ0n) is 8.75. The zero-order chi connectivity index (χ0) is 12.3. The van der Waals surface area contributed by atoms with Gasteiger partial charge in [-0.3, -0.25) is 0 Å². The summed E-state index contributed by atoms with van der Waals surface area (Å²) in [6, 6.07) is 11.8. The van der Waals surface area contributed by atoms with Gasteiger partial charge in [-0.15, -0.1) is 0 Å². The number of nitrogens with zero attached hydrogens (tertiary/aromatic N) is 1. The van der Waals surface area contributed by atoms with Gasteiger partial charge in [-0.05, 0) is 68.9 Å². The summed E-state index contributed by atoms with van der Waals surface area (Å²) in [6.07, 6.45) is 0. The molecule has 0 aliphatic carbocycles. The van der Waals surface area contributed by atoms with Gasteiger partial charge in [-0.2, -0.15) is 0 Å². The predicted octanol–water partition coefficient (Wildman–Crippen LogP) is 4.71. The van der Waals surface area contributed by atoms with Gasteiger partial charge in [0.1, 0.15) is 4.60 Å². The van der Waals surface area contributed by atoms with E-state index in [2.05, 4.69) is 48.8 Å². The highest BCUT2D eigenvalue weighted by Gasteiger charge is 2.01. The van der Waals surface area contributed by atoms with Gasteiger partial charge in [-0.25, -0.2) is 4.98 Å². The Labute approximate surface area is 127 Å². The predicted molar refractivity (Wildman–Crippen MR) is 83.4 cm³/mol. The molecule has 0 aliphatic heterocycles. The topological polar surface area (TPSA) is 24.9 Å². The number of halogens is 3. The van der Waals surface area contributed by atoms with Crippen LogP contribution in [-0.2, 0) is 6.54 Å². The fourth-order valence-electron chi connectivity index (χ4n) is 1.37. The number of pyridine rings is 1. The summed E-state index contributed by atoms with van der Waals surface area (Å²) >= 11 is 11.7. The molecule has 1 heterocycles. The van der Waals surface area contributed by atoms with Gasteiger partial charge in [0, 0.05) is 3.57 Å². The van der Waals surface area contributed by atoms with Crippen LogP contribution in [0.25, 0.3) is 0 Å². The van der Waals surface area contributed by atoms with Crippen LogP contribution in [0.3, 0.4) is 0 Å². The van der Waals surface area contributed by atoms with Crippen LogP contribution in [0.15, 0.2) is 41.0 Å². The monoisotopic (exact) mass is 422 g/mol. The van der Waals surface area contributed by atoms with Gasteiger partial charge >= 0.3 is 0 Å². The molecule has 0 saturated heterocycles. The Balaban J connectivity index is 2.07. The molecule has 0 bridgehead atoms. The molecular formula is C12H9BrClIN2. The van der Waals surface area contributed by atoms with Gasteiger partial charge < -0.3 is 5.32 Å². The van der Waals surface area contributed by atoms with Gasteiger partial charge in [0.25, 0.3) is 0 Å². The molecule has 0 aliphatic rings. The molecule has 88 valence electrons. The lowest BCUT2D eigenvalue weighted by atomic mass is 10.3. The summed E-state index contributed by atoms with van der Waals surface area (Å²) in [5.74, 6) is 0. The fraction of sp³-hybridized carbons (Fsp3) is 0.0833. The van der Waals surface area contributed by atoms with Crippen molar-refractivity contribution in [2.24, 2.45) is 0 Å². The first kappa shape index (κ1) is 13.1. The van der Waals surface area contributed by atoms with E-state index in [-0.39, 0.29) is 0 Å². The molecule has 0 amide bonds. The zero-order valence-corrected chi connectivity index (χ0v) is 13.3. The molecule has 1 aromatic heterocycles. The van der Waals surface area contributed by atoms with Crippen molar-refractivity contribution >= 4 is 55.8 Å². The Kier molecular flexibility index (Phi) is 4.64. The van der Waals surface area contributed by atoms with Crippen LogP contribution in [0.1, 0.15) is 5.69 Å². The van der Waals surface area contributed by atoms with E-state index < -0.39 is 0 Å². The van der Waals surface area contributed by atoms with Gasteiger partial charge in [-0.1, -0.05) is 17.7 Å². The molecule has 2 aromatic rings. The Hall–Kier alpha value is -0.330. The van der Waals surface area contributed by atoms with E-state index >= 15 is 0 Å². The maximum atomic E-state index is 6.13. The lowest BCUT2D eigenvalue weighted by molar-refractivity contribution is 1.03. The smallest absolute Gasteiger partial charge is 0.106 e. The van der Waals surface area contributed by atoms with Crippen LogP contribution in [0, 0.1) is 3.57 Å². The van der Waals surface area contributed by atoms with Crippen molar-refractivity contribution in [3.05, 3.63) is 55.3 Å². The number of rotatable bonds is 3. The third-order valence-corrected chi connectivity index (χ3v) is 3.59. The molecule has 2 nitrogen and oxygen atoms in total. The van der Waals surface area contributed by atoms with Crippen molar-refractivity contribution < 1.29 is 0 Å². The Morgan fingerprint density at radius 1 is 1.29 bits per heavy atom. The quantitative estimate of drug-likeness (QED) is 0.571. The largest absolute Gasteiger partial charge is 0.378 e. The van der Waals surface area contributed by atoms with Crippen molar-refractivity contribution in [1.82, 2.24) is 4.98 Å². The molecule has 5 heteroatoms. The molecule has 0 spiro atoms. The summed E-state index contributed by atoms with van der Waals surface area (Å²) in [6.45, 7) is 0.653. The molecular weight excluding hydrogens is 414 g/mol. The minimum Gasteiger partial charge on any atom is -0.378 e. The number of benzene rings is 1. The van der Waals surface area contributed by atoms with Crippen LogP contribution in [-0.4, -0.2) is 4.98 Å². The second kappa shape index (κ2) is 6.02. The molecule has 2 rings (SSSR count). The minimum atomic E-state index is 0.653. The van der Waals surface area contributed by atoms with Crippen LogP contribution in [0.2, 0.25) is 5.02 Å².